The predicted octanol–water partition coefficient (Wildman–Crippen LogP) is 24.5. The Hall–Kier alpha value is -11.1. The van der Waals surface area contributed by atoms with E-state index in [0.29, 0.717) is 0 Å². The van der Waals surface area contributed by atoms with Crippen LogP contribution in [0.5, 0.6) is 0 Å². The first-order chi connectivity index (χ1) is 44.7. The van der Waals surface area contributed by atoms with E-state index in [9.17, 15) is 0 Å². The second kappa shape index (κ2) is 17.9. The Bertz CT molecular complexity index is 6270. The molecule has 438 valence electrons. The first-order valence-electron chi connectivity index (χ1n) is 32.2. The van der Waals surface area contributed by atoms with E-state index in [-0.39, 0.29) is 16.2 Å². The zero-order valence-corrected chi connectivity index (χ0v) is 52.2. The van der Waals surface area contributed by atoms with Crippen LogP contribution in [0.15, 0.2) is 256 Å². The van der Waals surface area contributed by atoms with Crippen LogP contribution in [0.1, 0.15) is 76.3 Å². The fourth-order valence-corrected chi connectivity index (χ4v) is 16.7. The molecule has 0 saturated heterocycles. The minimum absolute atomic E-state index is 0.0984. The van der Waals surface area contributed by atoms with Crippen LogP contribution in [-0.4, -0.2) is 4.40 Å². The fraction of sp³-hybridized carbons (Fsp3) is 0.116. The van der Waals surface area contributed by atoms with Gasteiger partial charge < -0.3 is 27.5 Å². The van der Waals surface area contributed by atoms with E-state index < -0.39 is 0 Å². The second-order valence-corrected chi connectivity index (χ2v) is 28.0. The molecule has 18 aromatic rings. The van der Waals surface area contributed by atoms with E-state index in [1.807, 2.05) is 6.07 Å². The quantitative estimate of drug-likeness (QED) is 0.166. The third-order valence-electron chi connectivity index (χ3n) is 21.2. The SMILES string of the molecule is CC(C)(C)c1cc2c3ccc(N(c4ccc5c(c4)-c4ccccc4C5(C)C)c4cccc5oc6ccccc6c45)cc3n3c4cc5c(ccc6c7ccc(N(c8ccc9c(c8)-c8ccccc8C9(C)C)c8cccc9oc%10ccccc%10c89)cc7oc56)cc4c(c1)c23. The van der Waals surface area contributed by atoms with Crippen molar-refractivity contribution in [1.29, 1.82) is 0 Å². The number of furan rings is 3. The lowest BCUT2D eigenvalue weighted by atomic mass is 9.82. The largest absolute Gasteiger partial charge is 0.456 e. The molecule has 0 saturated carbocycles. The summed E-state index contributed by atoms with van der Waals surface area (Å²) in [5.74, 6) is 0. The van der Waals surface area contributed by atoms with Gasteiger partial charge in [0.25, 0.3) is 0 Å². The molecule has 6 heteroatoms. The zero-order chi connectivity index (χ0) is 61.4. The lowest BCUT2D eigenvalue weighted by Crippen LogP contribution is -2.15. The molecule has 0 radical (unpaired) electrons. The Morgan fingerprint density at radius 3 is 1.40 bits per heavy atom. The Kier molecular flexibility index (Phi) is 10.1. The molecule has 92 heavy (non-hydrogen) atoms. The van der Waals surface area contributed by atoms with Gasteiger partial charge in [0.05, 0.1) is 38.7 Å². The van der Waals surface area contributed by atoms with Crippen molar-refractivity contribution in [2.75, 3.05) is 9.80 Å². The third-order valence-corrected chi connectivity index (χ3v) is 21.2. The summed E-state index contributed by atoms with van der Waals surface area (Å²) >= 11 is 0. The number of anilines is 6. The molecular weight excluding hydrogens is 1120 g/mol. The molecule has 0 aliphatic heterocycles. The molecule has 13 aromatic carbocycles. The maximum Gasteiger partial charge on any atom is 0.143 e. The highest BCUT2D eigenvalue weighted by Gasteiger charge is 2.38. The Balaban J connectivity index is 0.811. The highest BCUT2D eigenvalue weighted by atomic mass is 16.3. The van der Waals surface area contributed by atoms with Gasteiger partial charge in [-0.15, -0.1) is 0 Å². The maximum atomic E-state index is 7.37. The molecule has 0 amide bonds. The number of fused-ring (bicyclic) bond motifs is 23. The summed E-state index contributed by atoms with van der Waals surface area (Å²) in [5, 5.41) is 13.6. The number of para-hydroxylation sites is 2. The summed E-state index contributed by atoms with van der Waals surface area (Å²) in [6, 6.07) is 89.9. The number of benzene rings is 13. The Labute approximate surface area is 530 Å². The van der Waals surface area contributed by atoms with Crippen LogP contribution in [0.2, 0.25) is 0 Å². The smallest absolute Gasteiger partial charge is 0.143 e. The molecule has 0 N–H and O–H groups in total. The highest BCUT2D eigenvalue weighted by Crippen LogP contribution is 2.55. The lowest BCUT2D eigenvalue weighted by molar-refractivity contribution is 0.592. The summed E-state index contributed by atoms with van der Waals surface area (Å²) in [6.45, 7) is 16.4. The van der Waals surface area contributed by atoms with Gasteiger partial charge in [0.2, 0.25) is 0 Å². The van der Waals surface area contributed by atoms with Gasteiger partial charge in [-0.05, 0) is 176 Å². The van der Waals surface area contributed by atoms with Gasteiger partial charge in [0, 0.05) is 88.1 Å². The number of hydrogen-bond acceptors (Lipinski definition) is 5. The zero-order valence-electron chi connectivity index (χ0n) is 52.2. The first kappa shape index (κ1) is 51.8. The van der Waals surface area contributed by atoms with E-state index in [1.54, 1.807) is 0 Å². The van der Waals surface area contributed by atoms with Crippen molar-refractivity contribution >= 4 is 149 Å². The van der Waals surface area contributed by atoms with E-state index in [1.165, 1.54) is 77.1 Å². The Morgan fingerprint density at radius 2 is 0.804 bits per heavy atom. The molecule has 2 aliphatic carbocycles. The van der Waals surface area contributed by atoms with Crippen LogP contribution >= 0.6 is 0 Å². The van der Waals surface area contributed by atoms with Crippen molar-refractivity contribution in [3.05, 3.63) is 270 Å². The van der Waals surface area contributed by atoms with Gasteiger partial charge in [-0.2, -0.15) is 0 Å². The van der Waals surface area contributed by atoms with Crippen molar-refractivity contribution < 1.29 is 13.3 Å². The van der Waals surface area contributed by atoms with Gasteiger partial charge in [-0.1, -0.05) is 170 Å². The minimum atomic E-state index is -0.133. The molecule has 0 atom stereocenters. The normalized spacial score (nSPS) is 14.2. The van der Waals surface area contributed by atoms with Crippen molar-refractivity contribution in [2.24, 2.45) is 0 Å². The van der Waals surface area contributed by atoms with Gasteiger partial charge >= 0.3 is 0 Å². The average molecular weight is 1180 g/mol. The van der Waals surface area contributed by atoms with Gasteiger partial charge in [0.15, 0.2) is 0 Å². The Morgan fingerprint density at radius 1 is 0.326 bits per heavy atom. The minimum Gasteiger partial charge on any atom is -0.456 e. The summed E-state index contributed by atoms with van der Waals surface area (Å²) in [4.78, 5) is 4.87. The molecular formula is C86H61N3O3. The summed E-state index contributed by atoms with van der Waals surface area (Å²) in [6.07, 6.45) is 0. The van der Waals surface area contributed by atoms with Crippen LogP contribution in [0.25, 0.3) is 137 Å². The summed E-state index contributed by atoms with van der Waals surface area (Å²) in [5.41, 5.74) is 26.4. The molecule has 6 nitrogen and oxygen atoms in total. The van der Waals surface area contributed by atoms with Crippen molar-refractivity contribution in [1.82, 2.24) is 4.40 Å². The molecule has 0 fully saturated rings. The number of rotatable bonds is 6. The van der Waals surface area contributed by atoms with E-state index in [0.717, 1.165) is 122 Å². The molecule has 0 spiro atoms. The topological polar surface area (TPSA) is 50.3 Å². The van der Waals surface area contributed by atoms with Crippen LogP contribution < -0.4 is 9.80 Å². The van der Waals surface area contributed by atoms with Gasteiger partial charge in [-0.3, -0.25) is 0 Å². The van der Waals surface area contributed by atoms with Gasteiger partial charge in [0.1, 0.15) is 33.5 Å². The van der Waals surface area contributed by atoms with Crippen LogP contribution in [0.3, 0.4) is 0 Å². The monoisotopic (exact) mass is 1180 g/mol. The number of hydrogen-bond donors (Lipinski definition) is 0. The second-order valence-electron chi connectivity index (χ2n) is 28.0. The van der Waals surface area contributed by atoms with E-state index >= 15 is 0 Å². The first-order valence-corrected chi connectivity index (χ1v) is 32.2. The van der Waals surface area contributed by atoms with E-state index in [2.05, 4.69) is 299 Å². The average Bonchev–Trinajstić information content (AvgIpc) is 1.53. The summed E-state index contributed by atoms with van der Waals surface area (Å²) < 4.78 is 23.1. The van der Waals surface area contributed by atoms with E-state index in [4.69, 9.17) is 13.3 Å². The van der Waals surface area contributed by atoms with Crippen LogP contribution in [0, 0.1) is 0 Å². The van der Waals surface area contributed by atoms with Crippen LogP contribution in [-0.2, 0) is 16.2 Å². The highest BCUT2D eigenvalue weighted by molar-refractivity contribution is 6.27. The fourth-order valence-electron chi connectivity index (χ4n) is 16.7. The summed E-state index contributed by atoms with van der Waals surface area (Å²) in [7, 11) is 0. The molecule has 0 unspecified atom stereocenters. The van der Waals surface area contributed by atoms with Crippen molar-refractivity contribution in [3.63, 3.8) is 0 Å². The maximum absolute atomic E-state index is 7.37. The van der Waals surface area contributed by atoms with Crippen LogP contribution in [0.4, 0.5) is 34.1 Å². The molecule has 0 bridgehead atoms. The molecule has 2 aliphatic rings. The number of nitrogens with zero attached hydrogens (tertiary/aromatic N) is 3. The lowest BCUT2D eigenvalue weighted by Gasteiger charge is -2.28. The molecule has 20 rings (SSSR count). The van der Waals surface area contributed by atoms with Crippen molar-refractivity contribution in [3.8, 4) is 22.3 Å². The molecule has 5 heterocycles. The third kappa shape index (κ3) is 6.88. The van der Waals surface area contributed by atoms with Gasteiger partial charge in [-0.25, -0.2) is 0 Å². The predicted molar refractivity (Wildman–Crippen MR) is 384 cm³/mol. The van der Waals surface area contributed by atoms with Crippen molar-refractivity contribution in [2.45, 2.75) is 64.7 Å². The molecule has 5 aromatic heterocycles. The number of aromatic nitrogens is 1. The standard InChI is InChI=1S/C86H61N3O3/c1-84(2,3)49-41-65-56-36-31-52(87(71-24-16-28-77-80(71)59-20-10-14-26-75(59)90-77)50-33-38-69-62(43-50)54-18-8-12-22-67(54)85(69,4)5)45-73(56)89-74-47-61-48(40-64(74)66(42-49)82(65)89)30-35-58-57-37-32-53(46-79(57)92-83(58)61)88(72-25-17-29-78-81(72)60-21-11-15-27-76(60)91-78)51-34-39-70-63(44-51)55-19-9-13-23-68(55)86(70,6)7/h8-47H,1-7H3.